The Hall–Kier alpha value is -1.51. The van der Waals surface area contributed by atoms with Crippen LogP contribution in [0, 0.1) is 0 Å². The first kappa shape index (κ1) is 53.5. The van der Waals surface area contributed by atoms with Gasteiger partial charge >= 0.3 is 19.8 Å². The molecule has 324 valence electrons. The molecule has 0 bridgehead atoms. The zero-order chi connectivity index (χ0) is 40.7. The number of allylic oxidation sites excluding steroid dienone is 4. The Balaban J connectivity index is 4.31. The third-order valence-electron chi connectivity index (χ3n) is 9.73. The van der Waals surface area contributed by atoms with Gasteiger partial charge < -0.3 is 18.9 Å². The van der Waals surface area contributed by atoms with Crippen molar-refractivity contribution in [3.8, 4) is 0 Å². The van der Waals surface area contributed by atoms with Gasteiger partial charge in [0.2, 0.25) is 0 Å². The SMILES string of the molecule is CCCCC/C=C\C/C=C\CCCCCCCCCCCC(=O)OC(COC(=O)CCCCCCCCCCCCCC)COP(=O)(O)OCC[N+](C)(C)C. The molecule has 0 saturated carbocycles. The predicted octanol–water partition coefficient (Wildman–Crippen LogP) is 12.7. The molecule has 2 atom stereocenters. The van der Waals surface area contributed by atoms with Gasteiger partial charge in [0.05, 0.1) is 27.7 Å². The first-order chi connectivity index (χ1) is 26.5. The van der Waals surface area contributed by atoms with Crippen LogP contribution in [0.1, 0.15) is 200 Å². The van der Waals surface area contributed by atoms with Gasteiger partial charge in [-0.1, -0.05) is 167 Å². The number of ether oxygens (including phenoxy) is 2. The van der Waals surface area contributed by atoms with E-state index in [-0.39, 0.29) is 25.6 Å². The highest BCUT2D eigenvalue weighted by molar-refractivity contribution is 7.47. The number of unbranched alkanes of at least 4 members (excludes halogenated alkanes) is 23. The number of phosphoric ester groups is 1. The maximum absolute atomic E-state index is 12.7. The fraction of sp³-hybridized carbons (Fsp3) is 0.867. The van der Waals surface area contributed by atoms with Crippen molar-refractivity contribution in [1.29, 1.82) is 0 Å². The number of carbonyl (C=O) groups is 2. The average Bonchev–Trinajstić information content (AvgIpc) is 3.13. The van der Waals surface area contributed by atoms with Crippen molar-refractivity contribution in [1.82, 2.24) is 0 Å². The standard InChI is InChI=1S/C45H86NO8P/c1-6-8-10-12-14-16-18-20-21-22-23-24-25-26-28-30-32-34-36-38-45(48)54-43(42-53-55(49,50)52-40-39-46(3,4)5)41-51-44(47)37-35-33-31-29-27-19-17-15-13-11-9-7-2/h14,16,20-21,43H,6-13,15,17-19,22-42H2,1-5H3/p+1/b16-14-,21-20-. The van der Waals surface area contributed by atoms with Crippen molar-refractivity contribution < 1.29 is 42.1 Å². The van der Waals surface area contributed by atoms with E-state index in [9.17, 15) is 19.0 Å². The first-order valence-corrected chi connectivity index (χ1v) is 24.1. The quantitative estimate of drug-likeness (QED) is 0.0214. The molecule has 0 heterocycles. The lowest BCUT2D eigenvalue weighted by Crippen LogP contribution is -2.37. The van der Waals surface area contributed by atoms with Gasteiger partial charge in [0.15, 0.2) is 6.10 Å². The van der Waals surface area contributed by atoms with Gasteiger partial charge in [-0.25, -0.2) is 4.57 Å². The third-order valence-corrected chi connectivity index (χ3v) is 10.7. The van der Waals surface area contributed by atoms with E-state index >= 15 is 0 Å². The highest BCUT2D eigenvalue weighted by atomic mass is 31.2. The molecule has 9 nitrogen and oxygen atoms in total. The number of rotatable bonds is 41. The molecule has 1 N–H and O–H groups in total. The van der Waals surface area contributed by atoms with Gasteiger partial charge in [-0.2, -0.15) is 0 Å². The number of esters is 2. The molecule has 0 amide bonds. The molecule has 0 fully saturated rings. The average molecular weight is 801 g/mol. The maximum Gasteiger partial charge on any atom is 0.472 e. The summed E-state index contributed by atoms with van der Waals surface area (Å²) >= 11 is 0. The van der Waals surface area contributed by atoms with Crippen molar-refractivity contribution in [2.75, 3.05) is 47.5 Å². The highest BCUT2D eigenvalue weighted by Gasteiger charge is 2.27. The van der Waals surface area contributed by atoms with Crippen molar-refractivity contribution in [2.24, 2.45) is 0 Å². The number of nitrogens with zero attached hydrogens (tertiary/aromatic N) is 1. The number of hydrogen-bond donors (Lipinski definition) is 1. The van der Waals surface area contributed by atoms with Crippen LogP contribution in [-0.4, -0.2) is 74.9 Å². The lowest BCUT2D eigenvalue weighted by molar-refractivity contribution is -0.870. The van der Waals surface area contributed by atoms with Crippen molar-refractivity contribution in [2.45, 2.75) is 206 Å². The molecule has 0 aromatic rings. The van der Waals surface area contributed by atoms with E-state index in [2.05, 4.69) is 38.2 Å². The number of carbonyl (C=O) groups excluding carboxylic acids is 2. The number of phosphoric acid groups is 1. The summed E-state index contributed by atoms with van der Waals surface area (Å²) in [6.07, 6.45) is 40.7. The summed E-state index contributed by atoms with van der Waals surface area (Å²) in [5, 5.41) is 0. The summed E-state index contributed by atoms with van der Waals surface area (Å²) in [5.41, 5.74) is 0. The molecule has 55 heavy (non-hydrogen) atoms. The van der Waals surface area contributed by atoms with Gasteiger partial charge in [-0.15, -0.1) is 0 Å². The molecule has 0 spiro atoms. The van der Waals surface area contributed by atoms with Crippen molar-refractivity contribution >= 4 is 19.8 Å². The van der Waals surface area contributed by atoms with Crippen molar-refractivity contribution in [3.63, 3.8) is 0 Å². The van der Waals surface area contributed by atoms with Crippen LogP contribution in [0.15, 0.2) is 24.3 Å². The lowest BCUT2D eigenvalue weighted by atomic mass is 10.0. The molecule has 0 aliphatic heterocycles. The molecule has 0 aromatic heterocycles. The molecule has 10 heteroatoms. The van der Waals surface area contributed by atoms with Crippen LogP contribution in [-0.2, 0) is 32.7 Å². The summed E-state index contributed by atoms with van der Waals surface area (Å²) in [6.45, 7) is 4.40. The van der Waals surface area contributed by atoms with E-state index in [0.717, 1.165) is 44.9 Å². The van der Waals surface area contributed by atoms with E-state index in [1.54, 1.807) is 0 Å². The van der Waals surface area contributed by atoms with Crippen molar-refractivity contribution in [3.05, 3.63) is 24.3 Å². The Morgan fingerprint density at radius 3 is 1.47 bits per heavy atom. The van der Waals surface area contributed by atoms with Crippen LogP contribution < -0.4 is 0 Å². The highest BCUT2D eigenvalue weighted by Crippen LogP contribution is 2.43. The minimum atomic E-state index is -4.37. The number of likely N-dealkylation sites (N-methyl/N-ethyl adjacent to an activating group) is 1. The summed E-state index contributed by atoms with van der Waals surface area (Å²) in [7, 11) is 1.48. The van der Waals surface area contributed by atoms with E-state index < -0.39 is 26.5 Å². The van der Waals surface area contributed by atoms with Gasteiger partial charge in [-0.3, -0.25) is 18.6 Å². The summed E-state index contributed by atoms with van der Waals surface area (Å²) < 4.78 is 34.3. The molecule has 0 aromatic carbocycles. The summed E-state index contributed by atoms with van der Waals surface area (Å²) in [6, 6.07) is 0. The molecule has 0 radical (unpaired) electrons. The summed E-state index contributed by atoms with van der Waals surface area (Å²) in [4.78, 5) is 35.3. The first-order valence-electron chi connectivity index (χ1n) is 22.6. The van der Waals surface area contributed by atoms with Crippen LogP contribution in [0.2, 0.25) is 0 Å². The van der Waals surface area contributed by atoms with Crippen LogP contribution >= 0.6 is 7.82 Å². The van der Waals surface area contributed by atoms with E-state index in [1.165, 1.54) is 122 Å². The lowest BCUT2D eigenvalue weighted by Gasteiger charge is -2.24. The molecule has 0 aliphatic rings. The molecule has 0 aliphatic carbocycles. The van der Waals surface area contributed by atoms with Gasteiger partial charge in [0, 0.05) is 12.8 Å². The van der Waals surface area contributed by atoms with Crippen LogP contribution in [0.25, 0.3) is 0 Å². The van der Waals surface area contributed by atoms with Gasteiger partial charge in [-0.05, 0) is 44.9 Å². The molecular formula is C45H87NO8P+. The second-order valence-electron chi connectivity index (χ2n) is 16.4. The van der Waals surface area contributed by atoms with Crippen LogP contribution in [0.4, 0.5) is 0 Å². The molecule has 0 saturated heterocycles. The normalized spacial score (nSPS) is 13.8. The summed E-state index contributed by atoms with van der Waals surface area (Å²) in [5.74, 6) is -0.797. The van der Waals surface area contributed by atoms with Crippen LogP contribution in [0.5, 0.6) is 0 Å². The second-order valence-corrected chi connectivity index (χ2v) is 17.9. The van der Waals surface area contributed by atoms with E-state index in [1.807, 2.05) is 21.1 Å². The third kappa shape index (κ3) is 41.9. The molecular weight excluding hydrogens is 713 g/mol. The number of quaternary nitrogens is 1. The smallest absolute Gasteiger partial charge is 0.462 e. The van der Waals surface area contributed by atoms with E-state index in [4.69, 9.17) is 18.5 Å². The monoisotopic (exact) mass is 801 g/mol. The topological polar surface area (TPSA) is 108 Å². The number of hydrogen-bond acceptors (Lipinski definition) is 7. The Labute approximate surface area is 339 Å². The second kappa shape index (κ2) is 38.0. The fourth-order valence-corrected chi connectivity index (χ4v) is 6.90. The molecule has 2 unspecified atom stereocenters. The Morgan fingerprint density at radius 1 is 0.564 bits per heavy atom. The zero-order valence-electron chi connectivity index (χ0n) is 36.4. The minimum absolute atomic E-state index is 0.0327. The minimum Gasteiger partial charge on any atom is -0.462 e. The van der Waals surface area contributed by atoms with Gasteiger partial charge in [0.1, 0.15) is 19.8 Å². The predicted molar refractivity (Wildman–Crippen MR) is 229 cm³/mol. The fourth-order valence-electron chi connectivity index (χ4n) is 6.16. The largest absolute Gasteiger partial charge is 0.472 e. The Kier molecular flexibility index (Phi) is 37.0. The Bertz CT molecular complexity index is 996. The maximum atomic E-state index is 12.7. The van der Waals surface area contributed by atoms with Gasteiger partial charge in [0.25, 0.3) is 0 Å². The Morgan fingerprint density at radius 2 is 0.982 bits per heavy atom. The van der Waals surface area contributed by atoms with E-state index in [0.29, 0.717) is 23.9 Å². The zero-order valence-corrected chi connectivity index (χ0v) is 37.3. The molecule has 0 rings (SSSR count). The van der Waals surface area contributed by atoms with Crippen LogP contribution in [0.3, 0.4) is 0 Å².